The van der Waals surface area contributed by atoms with Gasteiger partial charge in [-0.2, -0.15) is 0 Å². The average Bonchev–Trinajstić information content (AvgIpc) is 2.74. The first-order valence-corrected chi connectivity index (χ1v) is 6.21. The minimum Gasteiger partial charge on any atom is -0.494 e. The molecule has 0 aliphatic carbocycles. The van der Waals surface area contributed by atoms with Crippen molar-refractivity contribution in [1.82, 2.24) is 4.98 Å². The van der Waals surface area contributed by atoms with Crippen LogP contribution in [-0.4, -0.2) is 16.3 Å². The highest BCUT2D eigenvalue weighted by atomic mass is 35.5. The number of aromatic hydroxyl groups is 1. The molecule has 3 nitrogen and oxygen atoms in total. The van der Waals surface area contributed by atoms with Crippen molar-refractivity contribution in [3.05, 3.63) is 59.1 Å². The topological polar surface area (TPSA) is 48.4 Å². The fraction of sp³-hybridized carbons (Fsp3) is 0. The van der Waals surface area contributed by atoms with Gasteiger partial charge < -0.3 is 10.1 Å². The number of aliphatic imine (C=N–C) groups is 1. The monoisotopic (exact) mass is 270 g/mol. The molecule has 2 aromatic carbocycles. The third-order valence-corrected chi connectivity index (χ3v) is 3.15. The number of fused-ring (bicyclic) bond motifs is 1. The molecule has 3 aromatic rings. The van der Waals surface area contributed by atoms with Crippen LogP contribution in [0.25, 0.3) is 10.9 Å². The van der Waals surface area contributed by atoms with Crippen molar-refractivity contribution in [2.24, 2.45) is 4.99 Å². The molecule has 0 fully saturated rings. The first kappa shape index (κ1) is 11.8. The minimum atomic E-state index is 0.124. The predicted molar refractivity (Wildman–Crippen MR) is 78.7 cm³/mol. The van der Waals surface area contributed by atoms with Gasteiger partial charge in [0, 0.05) is 22.1 Å². The predicted octanol–water partition coefficient (Wildman–Crippen LogP) is 4.28. The Kier molecular flexibility index (Phi) is 2.97. The van der Waals surface area contributed by atoms with Crippen molar-refractivity contribution in [3.8, 4) is 5.88 Å². The van der Waals surface area contributed by atoms with Gasteiger partial charge in [0.1, 0.15) is 0 Å². The fourth-order valence-corrected chi connectivity index (χ4v) is 2.07. The zero-order valence-electron chi connectivity index (χ0n) is 9.97. The summed E-state index contributed by atoms with van der Waals surface area (Å²) in [5, 5.41) is 11.5. The van der Waals surface area contributed by atoms with E-state index in [1.165, 1.54) is 0 Å². The summed E-state index contributed by atoms with van der Waals surface area (Å²) in [6.45, 7) is 0. The maximum Gasteiger partial charge on any atom is 0.198 e. The molecular formula is C15H11ClN2O. The zero-order valence-corrected chi connectivity index (χ0v) is 10.7. The highest BCUT2D eigenvalue weighted by Crippen LogP contribution is 2.26. The van der Waals surface area contributed by atoms with E-state index in [2.05, 4.69) is 9.98 Å². The van der Waals surface area contributed by atoms with Crippen LogP contribution < -0.4 is 0 Å². The van der Waals surface area contributed by atoms with E-state index in [1.807, 2.05) is 36.4 Å². The molecule has 94 valence electrons. The number of nitrogens with zero attached hydrogens (tertiary/aromatic N) is 1. The average molecular weight is 271 g/mol. The SMILES string of the molecule is Oc1[nH]c2ccccc2c1C=Nc1ccc(Cl)cc1. The molecule has 0 saturated heterocycles. The molecule has 0 bridgehead atoms. The summed E-state index contributed by atoms with van der Waals surface area (Å²) in [6, 6.07) is 14.9. The Morgan fingerprint density at radius 3 is 2.58 bits per heavy atom. The summed E-state index contributed by atoms with van der Waals surface area (Å²) in [5.41, 5.74) is 2.36. The number of hydrogen-bond acceptors (Lipinski definition) is 2. The van der Waals surface area contributed by atoms with Crippen molar-refractivity contribution in [2.75, 3.05) is 0 Å². The van der Waals surface area contributed by atoms with Gasteiger partial charge in [0.15, 0.2) is 5.88 Å². The summed E-state index contributed by atoms with van der Waals surface area (Å²) >= 11 is 5.82. The number of aromatic nitrogens is 1. The van der Waals surface area contributed by atoms with Gasteiger partial charge in [-0.1, -0.05) is 29.8 Å². The van der Waals surface area contributed by atoms with E-state index < -0.39 is 0 Å². The molecular weight excluding hydrogens is 260 g/mol. The van der Waals surface area contributed by atoms with Crippen molar-refractivity contribution >= 4 is 34.4 Å². The van der Waals surface area contributed by atoms with E-state index in [0.29, 0.717) is 10.6 Å². The second-order valence-corrected chi connectivity index (χ2v) is 4.60. The van der Waals surface area contributed by atoms with Gasteiger partial charge in [-0.15, -0.1) is 0 Å². The Bertz CT molecular complexity index is 744. The van der Waals surface area contributed by atoms with Crippen LogP contribution in [0, 0.1) is 0 Å². The van der Waals surface area contributed by atoms with E-state index in [0.717, 1.165) is 16.6 Å². The van der Waals surface area contributed by atoms with E-state index in [1.54, 1.807) is 18.3 Å². The summed E-state index contributed by atoms with van der Waals surface area (Å²) in [6.07, 6.45) is 1.65. The van der Waals surface area contributed by atoms with Crippen molar-refractivity contribution < 1.29 is 5.11 Å². The number of nitrogens with one attached hydrogen (secondary N) is 1. The van der Waals surface area contributed by atoms with Gasteiger partial charge >= 0.3 is 0 Å². The maximum absolute atomic E-state index is 9.89. The van der Waals surface area contributed by atoms with Crippen molar-refractivity contribution in [2.45, 2.75) is 0 Å². The lowest BCUT2D eigenvalue weighted by molar-refractivity contribution is 0.457. The molecule has 0 unspecified atom stereocenters. The van der Waals surface area contributed by atoms with Crippen LogP contribution in [0.5, 0.6) is 5.88 Å². The molecule has 2 N–H and O–H groups in total. The molecule has 1 heterocycles. The quantitative estimate of drug-likeness (QED) is 0.671. The summed E-state index contributed by atoms with van der Waals surface area (Å²) < 4.78 is 0. The van der Waals surface area contributed by atoms with E-state index in [-0.39, 0.29) is 5.88 Å². The van der Waals surface area contributed by atoms with Crippen LogP contribution in [0.4, 0.5) is 5.69 Å². The number of H-pyrrole nitrogens is 1. The van der Waals surface area contributed by atoms with Crippen LogP contribution in [0.1, 0.15) is 5.56 Å². The molecule has 0 saturated carbocycles. The lowest BCUT2D eigenvalue weighted by atomic mass is 10.2. The Morgan fingerprint density at radius 1 is 1.05 bits per heavy atom. The largest absolute Gasteiger partial charge is 0.494 e. The fourth-order valence-electron chi connectivity index (χ4n) is 1.95. The molecule has 0 radical (unpaired) electrons. The number of hydrogen-bond donors (Lipinski definition) is 2. The van der Waals surface area contributed by atoms with Crippen LogP contribution in [0.3, 0.4) is 0 Å². The molecule has 0 atom stereocenters. The van der Waals surface area contributed by atoms with Gasteiger partial charge in [0.2, 0.25) is 0 Å². The molecule has 0 amide bonds. The summed E-state index contributed by atoms with van der Waals surface area (Å²) in [7, 11) is 0. The third kappa shape index (κ3) is 2.33. The standard InChI is InChI=1S/C15H11ClN2O/c16-10-5-7-11(8-6-10)17-9-13-12-3-1-2-4-14(12)18-15(13)19/h1-9,18-19H. The Hall–Kier alpha value is -2.26. The lowest BCUT2D eigenvalue weighted by Crippen LogP contribution is -1.78. The van der Waals surface area contributed by atoms with Crippen molar-refractivity contribution in [3.63, 3.8) is 0 Å². The van der Waals surface area contributed by atoms with Gasteiger partial charge in [-0.05, 0) is 30.3 Å². The van der Waals surface area contributed by atoms with Crippen LogP contribution in [0.15, 0.2) is 53.5 Å². The molecule has 3 rings (SSSR count). The second kappa shape index (κ2) is 4.78. The molecule has 0 spiro atoms. The number of aromatic amines is 1. The van der Waals surface area contributed by atoms with Gasteiger partial charge in [-0.3, -0.25) is 4.99 Å². The highest BCUT2D eigenvalue weighted by Gasteiger charge is 2.07. The Labute approximate surface area is 115 Å². The van der Waals surface area contributed by atoms with Gasteiger partial charge in [0.05, 0.1) is 11.3 Å². The summed E-state index contributed by atoms with van der Waals surface area (Å²) in [5.74, 6) is 0.124. The highest BCUT2D eigenvalue weighted by molar-refractivity contribution is 6.30. The molecule has 0 aliphatic heterocycles. The smallest absolute Gasteiger partial charge is 0.198 e. The van der Waals surface area contributed by atoms with E-state index >= 15 is 0 Å². The first-order valence-electron chi connectivity index (χ1n) is 5.83. The molecule has 19 heavy (non-hydrogen) atoms. The van der Waals surface area contributed by atoms with E-state index in [9.17, 15) is 5.11 Å². The Morgan fingerprint density at radius 2 is 1.79 bits per heavy atom. The van der Waals surface area contributed by atoms with Gasteiger partial charge in [-0.25, -0.2) is 0 Å². The Balaban J connectivity index is 2.01. The normalized spacial score (nSPS) is 11.4. The first-order chi connectivity index (χ1) is 9.24. The zero-order chi connectivity index (χ0) is 13.2. The van der Waals surface area contributed by atoms with Crippen LogP contribution in [-0.2, 0) is 0 Å². The van der Waals surface area contributed by atoms with Crippen LogP contribution in [0.2, 0.25) is 5.02 Å². The molecule has 4 heteroatoms. The number of benzene rings is 2. The maximum atomic E-state index is 9.89. The summed E-state index contributed by atoms with van der Waals surface area (Å²) in [4.78, 5) is 7.25. The molecule has 1 aromatic heterocycles. The third-order valence-electron chi connectivity index (χ3n) is 2.89. The number of rotatable bonds is 2. The molecule has 0 aliphatic rings. The number of para-hydroxylation sites is 1. The van der Waals surface area contributed by atoms with Crippen LogP contribution >= 0.6 is 11.6 Å². The number of halogens is 1. The van der Waals surface area contributed by atoms with Gasteiger partial charge in [0.25, 0.3) is 0 Å². The lowest BCUT2D eigenvalue weighted by Gasteiger charge is -1.94. The minimum absolute atomic E-state index is 0.124. The van der Waals surface area contributed by atoms with E-state index in [4.69, 9.17) is 11.6 Å². The second-order valence-electron chi connectivity index (χ2n) is 4.17. The van der Waals surface area contributed by atoms with Crippen molar-refractivity contribution in [1.29, 1.82) is 0 Å².